The van der Waals surface area contributed by atoms with E-state index in [4.69, 9.17) is 0 Å². The average Bonchev–Trinajstić information content (AvgIpc) is 2.68. The summed E-state index contributed by atoms with van der Waals surface area (Å²) in [4.78, 5) is 10.5. The van der Waals surface area contributed by atoms with Gasteiger partial charge in [-0.25, -0.2) is 0 Å². The van der Waals surface area contributed by atoms with Gasteiger partial charge in [0.2, 0.25) is 0 Å². The molecule has 0 spiro atoms. The van der Waals surface area contributed by atoms with E-state index in [0.717, 1.165) is 5.92 Å². The maximum absolute atomic E-state index is 10.5. The van der Waals surface area contributed by atoms with Crippen molar-refractivity contribution in [2.45, 2.75) is 32.1 Å². The summed E-state index contributed by atoms with van der Waals surface area (Å²) in [6, 6.07) is 0. The minimum absolute atomic E-state index is 0.196. The molecule has 1 heteroatoms. The van der Waals surface area contributed by atoms with Crippen molar-refractivity contribution in [3.05, 3.63) is 0 Å². The van der Waals surface area contributed by atoms with Crippen LogP contribution in [0, 0.1) is 11.3 Å². The van der Waals surface area contributed by atoms with Crippen molar-refractivity contribution in [2.24, 2.45) is 11.3 Å². The highest BCUT2D eigenvalue weighted by Crippen LogP contribution is 2.53. The fourth-order valence-electron chi connectivity index (χ4n) is 1.43. The molecule has 9 heavy (non-hydrogen) atoms. The minimum atomic E-state index is 0.196. The van der Waals surface area contributed by atoms with Gasteiger partial charge in [-0.15, -0.1) is 0 Å². The van der Waals surface area contributed by atoms with E-state index in [1.165, 1.54) is 38.4 Å². The van der Waals surface area contributed by atoms with E-state index in [9.17, 15) is 4.79 Å². The number of hydrogen-bond donors (Lipinski definition) is 0. The molecule has 50 valence electrons. The van der Waals surface area contributed by atoms with Gasteiger partial charge in [0.1, 0.15) is 6.29 Å². The van der Waals surface area contributed by atoms with Crippen LogP contribution in [0.25, 0.3) is 0 Å². The summed E-state index contributed by atoms with van der Waals surface area (Å²) >= 11 is 0. The summed E-state index contributed by atoms with van der Waals surface area (Å²) in [6.07, 6.45) is 7.51. The monoisotopic (exact) mass is 124 g/mol. The molecule has 1 nitrogen and oxygen atoms in total. The van der Waals surface area contributed by atoms with E-state index in [0.29, 0.717) is 0 Å². The molecular formula is C8H12O. The third-order valence-electron chi connectivity index (χ3n) is 2.53. The van der Waals surface area contributed by atoms with Gasteiger partial charge in [0.25, 0.3) is 0 Å². The van der Waals surface area contributed by atoms with Crippen LogP contribution in [0.2, 0.25) is 0 Å². The van der Waals surface area contributed by atoms with Gasteiger partial charge in [0, 0.05) is 5.41 Å². The molecule has 0 bridgehead atoms. The predicted molar refractivity (Wildman–Crippen MR) is 35.1 cm³/mol. The Bertz CT molecular complexity index is 132. The molecule has 0 atom stereocenters. The first-order chi connectivity index (χ1) is 4.35. The van der Waals surface area contributed by atoms with Crippen molar-refractivity contribution in [1.29, 1.82) is 0 Å². The zero-order chi connectivity index (χ0) is 6.32. The van der Waals surface area contributed by atoms with Crippen LogP contribution in [0.3, 0.4) is 0 Å². The normalized spacial score (nSPS) is 29.8. The van der Waals surface area contributed by atoms with Crippen molar-refractivity contribution in [3.63, 3.8) is 0 Å². The number of carbonyl (C=O) groups is 1. The molecule has 2 aliphatic carbocycles. The van der Waals surface area contributed by atoms with E-state index >= 15 is 0 Å². The SMILES string of the molecule is O=CC1(CC2CC2)CC1. The summed E-state index contributed by atoms with van der Waals surface area (Å²) in [5, 5.41) is 0. The zero-order valence-electron chi connectivity index (χ0n) is 5.60. The Morgan fingerprint density at radius 1 is 1.44 bits per heavy atom. The standard InChI is InChI=1S/C8H12O/c9-6-8(3-4-8)5-7-1-2-7/h6-7H,1-5H2. The smallest absolute Gasteiger partial charge is 0.126 e. The van der Waals surface area contributed by atoms with Gasteiger partial charge in [-0.1, -0.05) is 12.8 Å². The molecule has 0 aromatic heterocycles. The molecular weight excluding hydrogens is 112 g/mol. The largest absolute Gasteiger partial charge is 0.303 e. The molecule has 0 N–H and O–H groups in total. The van der Waals surface area contributed by atoms with Gasteiger partial charge in [-0.05, 0) is 25.2 Å². The maximum Gasteiger partial charge on any atom is 0.126 e. The van der Waals surface area contributed by atoms with E-state index in [2.05, 4.69) is 0 Å². The first kappa shape index (κ1) is 5.45. The molecule has 0 unspecified atom stereocenters. The summed E-state index contributed by atoms with van der Waals surface area (Å²) < 4.78 is 0. The lowest BCUT2D eigenvalue weighted by Gasteiger charge is -2.01. The predicted octanol–water partition coefficient (Wildman–Crippen LogP) is 1.77. The molecule has 2 aliphatic rings. The molecule has 0 amide bonds. The molecule has 2 fully saturated rings. The van der Waals surface area contributed by atoms with Gasteiger partial charge in [-0.3, -0.25) is 0 Å². The molecule has 0 radical (unpaired) electrons. The lowest BCUT2D eigenvalue weighted by atomic mass is 10.0. The highest BCUT2D eigenvalue weighted by Gasteiger charge is 2.45. The maximum atomic E-state index is 10.5. The summed E-state index contributed by atoms with van der Waals surface area (Å²) in [5.41, 5.74) is 0.196. The fraction of sp³-hybridized carbons (Fsp3) is 0.875. The first-order valence-corrected chi connectivity index (χ1v) is 3.81. The second kappa shape index (κ2) is 1.59. The molecule has 0 aromatic rings. The van der Waals surface area contributed by atoms with Crippen LogP contribution in [0.4, 0.5) is 0 Å². The highest BCUT2D eigenvalue weighted by atomic mass is 16.1. The van der Waals surface area contributed by atoms with Crippen LogP contribution in [0.5, 0.6) is 0 Å². The lowest BCUT2D eigenvalue weighted by molar-refractivity contribution is -0.112. The van der Waals surface area contributed by atoms with E-state index in [-0.39, 0.29) is 5.41 Å². The third-order valence-corrected chi connectivity index (χ3v) is 2.53. The second-order valence-corrected chi connectivity index (χ2v) is 3.63. The highest BCUT2D eigenvalue weighted by molar-refractivity contribution is 5.63. The van der Waals surface area contributed by atoms with Crippen LogP contribution in [0.1, 0.15) is 32.1 Å². The van der Waals surface area contributed by atoms with Crippen molar-refractivity contribution in [1.82, 2.24) is 0 Å². The Morgan fingerprint density at radius 2 is 2.11 bits per heavy atom. The quantitative estimate of drug-likeness (QED) is 0.524. The third kappa shape index (κ3) is 1.00. The van der Waals surface area contributed by atoms with Crippen molar-refractivity contribution in [2.75, 3.05) is 0 Å². The van der Waals surface area contributed by atoms with Gasteiger partial charge < -0.3 is 4.79 Å². The molecule has 0 saturated heterocycles. The van der Waals surface area contributed by atoms with Crippen LogP contribution >= 0.6 is 0 Å². The van der Waals surface area contributed by atoms with E-state index in [1.54, 1.807) is 0 Å². The number of carbonyl (C=O) groups excluding carboxylic acids is 1. The van der Waals surface area contributed by atoms with Gasteiger partial charge in [0.15, 0.2) is 0 Å². The van der Waals surface area contributed by atoms with Crippen LogP contribution in [-0.4, -0.2) is 6.29 Å². The Hall–Kier alpha value is -0.330. The minimum Gasteiger partial charge on any atom is -0.303 e. The Kier molecular flexibility index (Phi) is 0.961. The Balaban J connectivity index is 1.88. The lowest BCUT2D eigenvalue weighted by Crippen LogP contribution is -2.01. The first-order valence-electron chi connectivity index (χ1n) is 3.81. The molecule has 2 saturated carbocycles. The molecule has 0 aliphatic heterocycles. The van der Waals surface area contributed by atoms with Crippen molar-refractivity contribution in [3.8, 4) is 0 Å². The van der Waals surface area contributed by atoms with Gasteiger partial charge in [0.05, 0.1) is 0 Å². The van der Waals surface area contributed by atoms with Crippen molar-refractivity contribution < 1.29 is 4.79 Å². The van der Waals surface area contributed by atoms with Crippen LogP contribution in [-0.2, 0) is 4.79 Å². The number of rotatable bonds is 3. The average molecular weight is 124 g/mol. The zero-order valence-corrected chi connectivity index (χ0v) is 5.60. The summed E-state index contributed by atoms with van der Waals surface area (Å²) in [7, 11) is 0. The molecule has 0 aromatic carbocycles. The molecule has 0 heterocycles. The van der Waals surface area contributed by atoms with Gasteiger partial charge >= 0.3 is 0 Å². The molecule has 2 rings (SSSR count). The summed E-state index contributed by atoms with van der Waals surface area (Å²) in [5.74, 6) is 0.928. The van der Waals surface area contributed by atoms with Crippen molar-refractivity contribution >= 4 is 6.29 Å². The van der Waals surface area contributed by atoms with E-state index < -0.39 is 0 Å². The fourth-order valence-corrected chi connectivity index (χ4v) is 1.43. The van der Waals surface area contributed by atoms with Crippen LogP contribution < -0.4 is 0 Å². The summed E-state index contributed by atoms with van der Waals surface area (Å²) in [6.45, 7) is 0. The van der Waals surface area contributed by atoms with Gasteiger partial charge in [-0.2, -0.15) is 0 Å². The Morgan fingerprint density at radius 3 is 2.44 bits per heavy atom. The number of aldehydes is 1. The Labute approximate surface area is 55.4 Å². The van der Waals surface area contributed by atoms with E-state index in [1.807, 2.05) is 0 Å². The number of hydrogen-bond acceptors (Lipinski definition) is 1. The van der Waals surface area contributed by atoms with Crippen LogP contribution in [0.15, 0.2) is 0 Å². The topological polar surface area (TPSA) is 17.1 Å². The second-order valence-electron chi connectivity index (χ2n) is 3.63.